The Morgan fingerprint density at radius 1 is 1.56 bits per heavy atom. The Bertz CT molecular complexity index is 530. The molecule has 0 aliphatic carbocycles. The largest absolute Gasteiger partial charge is 0.365 e. The molecule has 80 valence electrons. The van der Waals surface area contributed by atoms with E-state index in [1.54, 1.807) is 6.07 Å². The summed E-state index contributed by atoms with van der Waals surface area (Å²) < 4.78 is 0. The van der Waals surface area contributed by atoms with E-state index < -0.39 is 22.1 Å². The van der Waals surface area contributed by atoms with Gasteiger partial charge in [-0.05, 0) is 6.07 Å². The molecular formula is C9H5N3O4. The van der Waals surface area contributed by atoms with Crippen molar-refractivity contribution in [3.8, 4) is 6.07 Å². The highest BCUT2D eigenvalue weighted by Crippen LogP contribution is 2.23. The Labute approximate surface area is 89.2 Å². The molecule has 0 saturated carbocycles. The molecule has 0 unspecified atom stereocenters. The summed E-state index contributed by atoms with van der Waals surface area (Å²) >= 11 is 0. The summed E-state index contributed by atoms with van der Waals surface area (Å²) in [6.07, 6.45) is 0.328. The number of rotatable bonds is 3. The Kier molecular flexibility index (Phi) is 2.96. The number of carbonyl (C=O) groups is 2. The summed E-state index contributed by atoms with van der Waals surface area (Å²) in [7, 11) is 0. The van der Waals surface area contributed by atoms with Crippen molar-refractivity contribution in [3.63, 3.8) is 0 Å². The third-order valence-corrected chi connectivity index (χ3v) is 1.90. The lowest BCUT2D eigenvalue weighted by Gasteiger charge is -2.02. The molecule has 1 amide bonds. The fraction of sp³-hybridized carbons (Fsp3) is 0. The smallest absolute Gasteiger partial charge is 0.283 e. The van der Waals surface area contributed by atoms with Gasteiger partial charge in [0.05, 0.1) is 10.5 Å². The normalized spacial score (nSPS) is 9.19. The molecule has 1 rings (SSSR count). The summed E-state index contributed by atoms with van der Waals surface area (Å²) in [5.74, 6) is -1.12. The number of amides is 1. The number of nitro groups is 1. The van der Waals surface area contributed by atoms with Crippen molar-refractivity contribution in [2.45, 2.75) is 0 Å². The van der Waals surface area contributed by atoms with Gasteiger partial charge in [0.25, 0.3) is 11.6 Å². The van der Waals surface area contributed by atoms with E-state index >= 15 is 0 Å². The van der Waals surface area contributed by atoms with E-state index in [4.69, 9.17) is 11.0 Å². The van der Waals surface area contributed by atoms with E-state index in [0.29, 0.717) is 6.29 Å². The molecule has 0 heterocycles. The van der Waals surface area contributed by atoms with Crippen molar-refractivity contribution in [2.24, 2.45) is 5.73 Å². The highest BCUT2D eigenvalue weighted by molar-refractivity contribution is 6.02. The van der Waals surface area contributed by atoms with Crippen LogP contribution in [0.4, 0.5) is 5.69 Å². The summed E-state index contributed by atoms with van der Waals surface area (Å²) in [6, 6.07) is 3.61. The fourth-order valence-corrected chi connectivity index (χ4v) is 1.23. The molecule has 0 aromatic heterocycles. The molecule has 0 saturated heterocycles. The van der Waals surface area contributed by atoms with Gasteiger partial charge in [0, 0.05) is 11.6 Å². The third-order valence-electron chi connectivity index (χ3n) is 1.90. The summed E-state index contributed by atoms with van der Waals surface area (Å²) in [5.41, 5.74) is 3.32. The molecular weight excluding hydrogens is 214 g/mol. The molecule has 7 heteroatoms. The van der Waals surface area contributed by atoms with E-state index in [-0.39, 0.29) is 11.1 Å². The number of nitrogens with zero attached hydrogens (tertiary/aromatic N) is 2. The molecule has 0 atom stereocenters. The number of carbonyl (C=O) groups excluding carboxylic acids is 2. The molecule has 16 heavy (non-hydrogen) atoms. The van der Waals surface area contributed by atoms with Crippen molar-refractivity contribution < 1.29 is 14.5 Å². The van der Waals surface area contributed by atoms with Crippen LogP contribution in [0.25, 0.3) is 0 Å². The van der Waals surface area contributed by atoms with Crippen molar-refractivity contribution in [2.75, 3.05) is 0 Å². The second-order valence-corrected chi connectivity index (χ2v) is 2.77. The predicted molar refractivity (Wildman–Crippen MR) is 51.7 cm³/mol. The summed E-state index contributed by atoms with van der Waals surface area (Å²) in [5, 5.41) is 19.3. The van der Waals surface area contributed by atoms with Crippen LogP contribution in [0.3, 0.4) is 0 Å². The maximum Gasteiger partial charge on any atom is 0.283 e. The average Bonchev–Trinajstić information content (AvgIpc) is 2.26. The van der Waals surface area contributed by atoms with Crippen LogP contribution in [0.15, 0.2) is 12.1 Å². The van der Waals surface area contributed by atoms with Gasteiger partial charge in [0.15, 0.2) is 6.29 Å². The van der Waals surface area contributed by atoms with Gasteiger partial charge in [-0.2, -0.15) is 5.26 Å². The minimum Gasteiger partial charge on any atom is -0.365 e. The standard InChI is InChI=1S/C9H5N3O4/c10-3-6-5(4-13)1-2-7(12(15)16)8(6)9(11)14/h1-2,4H,(H2,11,14). The zero-order chi connectivity index (χ0) is 12.3. The zero-order valence-corrected chi connectivity index (χ0v) is 7.84. The van der Waals surface area contributed by atoms with Gasteiger partial charge in [0.2, 0.25) is 0 Å². The second-order valence-electron chi connectivity index (χ2n) is 2.77. The topological polar surface area (TPSA) is 127 Å². The van der Waals surface area contributed by atoms with Crippen LogP contribution in [-0.4, -0.2) is 17.1 Å². The lowest BCUT2D eigenvalue weighted by molar-refractivity contribution is -0.385. The molecule has 2 N–H and O–H groups in total. The predicted octanol–water partition coefficient (Wildman–Crippen LogP) is 0.378. The van der Waals surface area contributed by atoms with Gasteiger partial charge in [-0.1, -0.05) is 0 Å². The highest BCUT2D eigenvalue weighted by atomic mass is 16.6. The quantitative estimate of drug-likeness (QED) is 0.446. The Morgan fingerprint density at radius 2 is 2.19 bits per heavy atom. The number of nitrogens with two attached hydrogens (primary N) is 1. The van der Waals surface area contributed by atoms with Crippen LogP contribution >= 0.6 is 0 Å². The summed E-state index contributed by atoms with van der Waals surface area (Å²) in [6.45, 7) is 0. The van der Waals surface area contributed by atoms with Crippen molar-refractivity contribution in [3.05, 3.63) is 38.9 Å². The molecule has 0 fully saturated rings. The average molecular weight is 219 g/mol. The first kappa shape index (κ1) is 11.3. The Balaban J connectivity index is 3.72. The SMILES string of the molecule is N#Cc1c(C=O)ccc([N+](=O)[O-])c1C(N)=O. The van der Waals surface area contributed by atoms with Gasteiger partial charge < -0.3 is 5.73 Å². The summed E-state index contributed by atoms with van der Waals surface area (Å²) in [4.78, 5) is 31.4. The number of benzene rings is 1. The second kappa shape index (κ2) is 4.18. The van der Waals surface area contributed by atoms with E-state index in [1.165, 1.54) is 0 Å². The lowest BCUT2D eigenvalue weighted by Crippen LogP contribution is -2.16. The van der Waals surface area contributed by atoms with Gasteiger partial charge in [-0.3, -0.25) is 19.7 Å². The first-order chi connectivity index (χ1) is 7.52. The van der Waals surface area contributed by atoms with Gasteiger partial charge in [-0.25, -0.2) is 0 Å². The number of primary amides is 1. The van der Waals surface area contributed by atoms with Gasteiger partial charge >= 0.3 is 0 Å². The lowest BCUT2D eigenvalue weighted by atomic mass is 10.0. The fourth-order valence-electron chi connectivity index (χ4n) is 1.23. The number of hydrogen-bond donors (Lipinski definition) is 1. The number of nitriles is 1. The van der Waals surface area contributed by atoms with Crippen LogP contribution < -0.4 is 5.73 Å². The van der Waals surface area contributed by atoms with E-state index in [9.17, 15) is 19.7 Å². The van der Waals surface area contributed by atoms with E-state index in [0.717, 1.165) is 12.1 Å². The highest BCUT2D eigenvalue weighted by Gasteiger charge is 2.24. The minimum atomic E-state index is -1.12. The maximum atomic E-state index is 11.0. The Hall–Kier alpha value is -2.75. The van der Waals surface area contributed by atoms with E-state index in [1.807, 2.05) is 0 Å². The number of hydrogen-bond acceptors (Lipinski definition) is 5. The van der Waals surface area contributed by atoms with Crippen LogP contribution in [0.5, 0.6) is 0 Å². The molecule has 0 aliphatic heterocycles. The molecule has 7 nitrogen and oxygen atoms in total. The van der Waals surface area contributed by atoms with Gasteiger partial charge in [-0.15, -0.1) is 0 Å². The van der Waals surface area contributed by atoms with Crippen molar-refractivity contribution >= 4 is 17.9 Å². The van der Waals surface area contributed by atoms with Crippen LogP contribution in [0, 0.1) is 21.4 Å². The first-order valence-electron chi connectivity index (χ1n) is 3.99. The first-order valence-corrected chi connectivity index (χ1v) is 3.99. The van der Waals surface area contributed by atoms with Crippen LogP contribution in [0.2, 0.25) is 0 Å². The molecule has 0 aliphatic rings. The minimum absolute atomic E-state index is 0.109. The molecule has 0 radical (unpaired) electrons. The monoisotopic (exact) mass is 219 g/mol. The third kappa shape index (κ3) is 1.72. The molecule has 0 spiro atoms. The number of aldehydes is 1. The van der Waals surface area contributed by atoms with Crippen molar-refractivity contribution in [1.29, 1.82) is 5.26 Å². The van der Waals surface area contributed by atoms with Crippen molar-refractivity contribution in [1.82, 2.24) is 0 Å². The molecule has 0 bridgehead atoms. The maximum absolute atomic E-state index is 11.0. The molecule has 1 aromatic rings. The zero-order valence-electron chi connectivity index (χ0n) is 7.84. The molecule has 1 aromatic carbocycles. The van der Waals surface area contributed by atoms with E-state index in [2.05, 4.69) is 0 Å². The van der Waals surface area contributed by atoms with Crippen LogP contribution in [0.1, 0.15) is 26.3 Å². The van der Waals surface area contributed by atoms with Gasteiger partial charge in [0.1, 0.15) is 11.6 Å². The Morgan fingerprint density at radius 3 is 2.56 bits per heavy atom. The number of nitro benzene ring substituents is 1. The van der Waals surface area contributed by atoms with Crippen LogP contribution in [-0.2, 0) is 0 Å².